The molecule has 3 aromatic carbocycles. The van der Waals surface area contributed by atoms with Crippen LogP contribution in [-0.4, -0.2) is 18.3 Å². The Morgan fingerprint density at radius 3 is 2.30 bits per heavy atom. The van der Waals surface area contributed by atoms with E-state index in [0.29, 0.717) is 29.2 Å². The van der Waals surface area contributed by atoms with Crippen molar-refractivity contribution in [3.05, 3.63) is 89.0 Å². The molecule has 0 aliphatic heterocycles. The van der Waals surface area contributed by atoms with Gasteiger partial charge in [-0.3, -0.25) is 9.59 Å². The van der Waals surface area contributed by atoms with Gasteiger partial charge in [-0.25, -0.2) is 0 Å². The molecule has 1 N–H and O–H groups in total. The second-order valence-electron chi connectivity index (χ2n) is 8.88. The molecule has 5 heteroatoms. The molecule has 3 rings (SSSR count). The smallest absolute Gasteiger partial charge is 0.255 e. The lowest BCUT2D eigenvalue weighted by Gasteiger charge is -2.23. The van der Waals surface area contributed by atoms with Crippen LogP contribution in [0.1, 0.15) is 66.5 Å². The molecule has 0 bridgehead atoms. The number of amides is 1. The summed E-state index contributed by atoms with van der Waals surface area (Å²) in [6, 6.07) is 20.2. The maximum Gasteiger partial charge on any atom is 0.255 e. The minimum absolute atomic E-state index is 0.0536. The summed E-state index contributed by atoms with van der Waals surface area (Å²) in [5, 5.41) is 2.86. The van der Waals surface area contributed by atoms with E-state index in [-0.39, 0.29) is 23.7 Å². The Labute approximate surface area is 195 Å². The summed E-state index contributed by atoms with van der Waals surface area (Å²) in [6.45, 7) is 10.6. The summed E-state index contributed by atoms with van der Waals surface area (Å²) in [4.78, 5) is 24.5. The first-order valence-electron chi connectivity index (χ1n) is 11.1. The fraction of sp³-hybridized carbons (Fsp3) is 0.286. The molecule has 33 heavy (non-hydrogen) atoms. The van der Waals surface area contributed by atoms with Gasteiger partial charge in [-0.15, -0.1) is 0 Å². The zero-order valence-corrected chi connectivity index (χ0v) is 19.9. The minimum atomic E-state index is -0.268. The van der Waals surface area contributed by atoms with Gasteiger partial charge in [0.05, 0.1) is 6.61 Å². The molecule has 0 aliphatic rings. The van der Waals surface area contributed by atoms with Gasteiger partial charge in [0.25, 0.3) is 5.91 Å². The van der Waals surface area contributed by atoms with E-state index in [1.807, 2.05) is 25.1 Å². The summed E-state index contributed by atoms with van der Waals surface area (Å²) in [5.41, 5.74) is 3.43. The van der Waals surface area contributed by atoms with Gasteiger partial charge in [0, 0.05) is 22.4 Å². The van der Waals surface area contributed by atoms with Crippen LogP contribution < -0.4 is 14.8 Å². The van der Waals surface area contributed by atoms with Crippen LogP contribution in [0.25, 0.3) is 0 Å². The molecule has 172 valence electrons. The SMILES string of the molecule is CCOc1ccc(C(=O)Nc2cccc(C(C)=O)c2)cc1COc1ccccc1C(C)(C)C. The van der Waals surface area contributed by atoms with Crippen LogP contribution in [0.3, 0.4) is 0 Å². The van der Waals surface area contributed by atoms with Crippen LogP contribution >= 0.6 is 0 Å². The lowest BCUT2D eigenvalue weighted by atomic mass is 9.86. The summed E-state index contributed by atoms with van der Waals surface area (Å²) in [7, 11) is 0. The molecule has 1 amide bonds. The van der Waals surface area contributed by atoms with Gasteiger partial charge in [0.15, 0.2) is 5.78 Å². The standard InChI is InChI=1S/C28H31NO4/c1-6-32-25-15-14-21(27(31)29-23-11-9-10-20(17-23)19(2)30)16-22(25)18-33-26-13-8-7-12-24(26)28(3,4)5/h7-17H,6,18H2,1-5H3,(H,29,31). The molecular weight excluding hydrogens is 414 g/mol. The molecule has 5 nitrogen and oxygen atoms in total. The van der Waals surface area contributed by atoms with Crippen molar-refractivity contribution >= 4 is 17.4 Å². The first-order valence-corrected chi connectivity index (χ1v) is 11.1. The zero-order valence-electron chi connectivity index (χ0n) is 19.9. The van der Waals surface area contributed by atoms with Crippen LogP contribution in [0, 0.1) is 0 Å². The van der Waals surface area contributed by atoms with Crippen molar-refractivity contribution in [1.82, 2.24) is 0 Å². The van der Waals surface area contributed by atoms with Crippen molar-refractivity contribution in [2.45, 2.75) is 46.6 Å². The summed E-state index contributed by atoms with van der Waals surface area (Å²) in [6.07, 6.45) is 0. The van der Waals surface area contributed by atoms with E-state index in [9.17, 15) is 9.59 Å². The monoisotopic (exact) mass is 445 g/mol. The fourth-order valence-corrected chi connectivity index (χ4v) is 3.52. The molecule has 0 heterocycles. The Hall–Kier alpha value is -3.60. The van der Waals surface area contributed by atoms with Crippen molar-refractivity contribution in [2.24, 2.45) is 0 Å². The Morgan fingerprint density at radius 1 is 0.848 bits per heavy atom. The number of nitrogens with one attached hydrogen (secondary N) is 1. The topological polar surface area (TPSA) is 64.6 Å². The quantitative estimate of drug-likeness (QED) is 0.407. The highest BCUT2D eigenvalue weighted by molar-refractivity contribution is 6.05. The number of para-hydroxylation sites is 1. The molecule has 0 saturated heterocycles. The summed E-state index contributed by atoms with van der Waals surface area (Å²) in [5.74, 6) is 1.17. The number of rotatable bonds is 8. The third kappa shape index (κ3) is 6.22. The normalized spacial score (nSPS) is 11.1. The lowest BCUT2D eigenvalue weighted by Crippen LogP contribution is -2.14. The first-order chi connectivity index (χ1) is 15.7. The van der Waals surface area contributed by atoms with E-state index in [0.717, 1.165) is 16.9 Å². The lowest BCUT2D eigenvalue weighted by molar-refractivity contribution is 0.101. The number of benzene rings is 3. The average Bonchev–Trinajstić information content (AvgIpc) is 2.78. The maximum atomic E-state index is 12.9. The molecule has 0 aliphatic carbocycles. The highest BCUT2D eigenvalue weighted by Crippen LogP contribution is 2.32. The zero-order chi connectivity index (χ0) is 24.0. The van der Waals surface area contributed by atoms with E-state index >= 15 is 0 Å². The minimum Gasteiger partial charge on any atom is -0.493 e. The Morgan fingerprint density at radius 2 is 1.61 bits per heavy atom. The van der Waals surface area contributed by atoms with Crippen LogP contribution in [0.4, 0.5) is 5.69 Å². The summed E-state index contributed by atoms with van der Waals surface area (Å²) < 4.78 is 12.0. The number of ketones is 1. The molecule has 0 fully saturated rings. The molecular formula is C28H31NO4. The van der Waals surface area contributed by atoms with Crippen LogP contribution in [-0.2, 0) is 12.0 Å². The number of Topliss-reactive ketones (excluding diaryl/α,β-unsaturated/α-hetero) is 1. The van der Waals surface area contributed by atoms with E-state index in [2.05, 4.69) is 32.2 Å². The predicted molar refractivity (Wildman–Crippen MR) is 131 cm³/mol. The molecule has 0 spiro atoms. The van der Waals surface area contributed by atoms with Crippen molar-refractivity contribution in [1.29, 1.82) is 0 Å². The number of anilines is 1. The number of carbonyl (C=O) groups excluding carboxylic acids is 2. The van der Waals surface area contributed by atoms with E-state index in [1.165, 1.54) is 6.92 Å². The van der Waals surface area contributed by atoms with Crippen LogP contribution in [0.2, 0.25) is 0 Å². The molecule has 0 aromatic heterocycles. The maximum absolute atomic E-state index is 12.9. The second-order valence-corrected chi connectivity index (χ2v) is 8.88. The summed E-state index contributed by atoms with van der Waals surface area (Å²) >= 11 is 0. The van der Waals surface area contributed by atoms with Gasteiger partial charge >= 0.3 is 0 Å². The average molecular weight is 446 g/mol. The van der Waals surface area contributed by atoms with Gasteiger partial charge in [-0.2, -0.15) is 0 Å². The Kier molecular flexibility index (Phi) is 7.54. The van der Waals surface area contributed by atoms with Crippen molar-refractivity contribution in [3.63, 3.8) is 0 Å². The van der Waals surface area contributed by atoms with E-state index in [1.54, 1.807) is 42.5 Å². The van der Waals surface area contributed by atoms with Gasteiger partial charge in [0.2, 0.25) is 0 Å². The van der Waals surface area contributed by atoms with Gasteiger partial charge in [-0.1, -0.05) is 51.1 Å². The molecule has 0 radical (unpaired) electrons. The van der Waals surface area contributed by atoms with Crippen LogP contribution in [0.5, 0.6) is 11.5 Å². The van der Waals surface area contributed by atoms with Crippen molar-refractivity contribution in [3.8, 4) is 11.5 Å². The molecule has 0 atom stereocenters. The third-order valence-corrected chi connectivity index (χ3v) is 5.23. The predicted octanol–water partition coefficient (Wildman–Crippen LogP) is 6.42. The van der Waals surface area contributed by atoms with E-state index < -0.39 is 0 Å². The number of ether oxygens (including phenoxy) is 2. The largest absolute Gasteiger partial charge is 0.493 e. The Bertz CT molecular complexity index is 1140. The van der Waals surface area contributed by atoms with Gasteiger partial charge in [0.1, 0.15) is 18.1 Å². The molecule has 3 aromatic rings. The Balaban J connectivity index is 1.83. The third-order valence-electron chi connectivity index (χ3n) is 5.23. The highest BCUT2D eigenvalue weighted by Gasteiger charge is 2.19. The fourth-order valence-electron chi connectivity index (χ4n) is 3.52. The number of hydrogen-bond donors (Lipinski definition) is 1. The first kappa shape index (κ1) is 24.1. The van der Waals surface area contributed by atoms with Crippen molar-refractivity contribution < 1.29 is 19.1 Å². The number of carbonyl (C=O) groups is 2. The molecule has 0 saturated carbocycles. The van der Waals surface area contributed by atoms with Gasteiger partial charge < -0.3 is 14.8 Å². The number of hydrogen-bond acceptors (Lipinski definition) is 4. The highest BCUT2D eigenvalue weighted by atomic mass is 16.5. The second kappa shape index (κ2) is 10.3. The van der Waals surface area contributed by atoms with Crippen molar-refractivity contribution in [2.75, 3.05) is 11.9 Å². The molecule has 0 unspecified atom stereocenters. The van der Waals surface area contributed by atoms with Crippen LogP contribution in [0.15, 0.2) is 66.7 Å². The van der Waals surface area contributed by atoms with Gasteiger partial charge in [-0.05, 0) is 61.2 Å². The van der Waals surface area contributed by atoms with E-state index in [4.69, 9.17) is 9.47 Å².